The average molecular weight is 390 g/mol. The Kier molecular flexibility index (Phi) is 4.59. The Morgan fingerprint density at radius 1 is 1.33 bits per heavy atom. The molecule has 0 bridgehead atoms. The zero-order chi connectivity index (χ0) is 13.3. The van der Waals surface area contributed by atoms with Crippen molar-refractivity contribution in [3.05, 3.63) is 48.3 Å². The largest absolute Gasteiger partial charge is 0.324 e. The Hall–Kier alpha value is -0.230. The van der Waals surface area contributed by atoms with Crippen molar-refractivity contribution >= 4 is 43.2 Å². The van der Waals surface area contributed by atoms with Gasteiger partial charge >= 0.3 is 0 Å². The minimum absolute atomic E-state index is 0.0400. The fourth-order valence-corrected chi connectivity index (χ4v) is 3.64. The first-order valence-corrected chi connectivity index (χ1v) is 8.01. The first kappa shape index (κ1) is 14.2. The highest BCUT2D eigenvalue weighted by Gasteiger charge is 2.14. The van der Waals surface area contributed by atoms with Gasteiger partial charge in [-0.15, -0.1) is 11.3 Å². The predicted molar refractivity (Wildman–Crippen MR) is 84.1 cm³/mol. The third kappa shape index (κ3) is 3.20. The SMILES string of the molecule is Cc1nc(CC(N)c2cc(Br)ccc2Br)sc1C. The normalized spacial score (nSPS) is 12.7. The van der Waals surface area contributed by atoms with Gasteiger partial charge in [-0.3, -0.25) is 0 Å². The number of aryl methyl sites for hydroxylation is 2. The van der Waals surface area contributed by atoms with Crippen LogP contribution in [0.25, 0.3) is 0 Å². The third-order valence-electron chi connectivity index (χ3n) is 2.82. The van der Waals surface area contributed by atoms with Gasteiger partial charge in [0.2, 0.25) is 0 Å². The summed E-state index contributed by atoms with van der Waals surface area (Å²) in [5.74, 6) is 0. The molecule has 0 saturated carbocycles. The van der Waals surface area contributed by atoms with Gasteiger partial charge in [0.15, 0.2) is 0 Å². The fraction of sp³-hybridized carbons (Fsp3) is 0.308. The topological polar surface area (TPSA) is 38.9 Å². The molecule has 1 unspecified atom stereocenters. The van der Waals surface area contributed by atoms with Crippen LogP contribution in [-0.2, 0) is 6.42 Å². The number of thiazole rings is 1. The summed E-state index contributed by atoms with van der Waals surface area (Å²) in [5.41, 5.74) is 8.49. The standard InChI is InChI=1S/C13H14Br2N2S/c1-7-8(2)18-13(17-7)6-12(16)10-5-9(14)3-4-11(10)15/h3-5,12H,6,16H2,1-2H3. The van der Waals surface area contributed by atoms with Gasteiger partial charge in [0, 0.05) is 26.3 Å². The first-order valence-electron chi connectivity index (χ1n) is 5.61. The lowest BCUT2D eigenvalue weighted by Gasteiger charge is -2.13. The zero-order valence-corrected chi connectivity index (χ0v) is 14.2. The highest BCUT2D eigenvalue weighted by molar-refractivity contribution is 9.11. The van der Waals surface area contributed by atoms with Crippen LogP contribution < -0.4 is 5.73 Å². The smallest absolute Gasteiger partial charge is 0.0949 e. The van der Waals surface area contributed by atoms with Crippen molar-refractivity contribution < 1.29 is 0 Å². The van der Waals surface area contributed by atoms with Crippen molar-refractivity contribution in [1.82, 2.24) is 4.98 Å². The molecule has 0 aliphatic rings. The van der Waals surface area contributed by atoms with Gasteiger partial charge in [-0.05, 0) is 37.6 Å². The second kappa shape index (κ2) is 5.82. The van der Waals surface area contributed by atoms with E-state index in [1.165, 1.54) is 4.88 Å². The van der Waals surface area contributed by atoms with Crippen molar-refractivity contribution in [2.45, 2.75) is 26.3 Å². The van der Waals surface area contributed by atoms with Crippen LogP contribution in [0, 0.1) is 13.8 Å². The summed E-state index contributed by atoms with van der Waals surface area (Å²) in [6.45, 7) is 4.13. The Bertz CT molecular complexity index is 547. The van der Waals surface area contributed by atoms with Gasteiger partial charge in [0.25, 0.3) is 0 Å². The molecule has 5 heteroatoms. The summed E-state index contributed by atoms with van der Waals surface area (Å²) in [5, 5.41) is 1.10. The molecule has 0 saturated heterocycles. The Morgan fingerprint density at radius 2 is 2.06 bits per heavy atom. The van der Waals surface area contributed by atoms with E-state index >= 15 is 0 Å². The molecule has 2 aromatic rings. The molecule has 0 aliphatic heterocycles. The second-order valence-electron chi connectivity index (χ2n) is 4.23. The lowest BCUT2D eigenvalue weighted by atomic mass is 10.1. The molecule has 0 fully saturated rings. The van der Waals surface area contributed by atoms with Crippen molar-refractivity contribution in [3.63, 3.8) is 0 Å². The summed E-state index contributed by atoms with van der Waals surface area (Å²) in [6.07, 6.45) is 0.772. The van der Waals surface area contributed by atoms with Crippen molar-refractivity contribution in [1.29, 1.82) is 0 Å². The van der Waals surface area contributed by atoms with Gasteiger partial charge in [0.1, 0.15) is 0 Å². The number of nitrogens with zero attached hydrogens (tertiary/aromatic N) is 1. The lowest BCUT2D eigenvalue weighted by molar-refractivity contribution is 0.713. The van der Waals surface area contributed by atoms with Crippen LogP contribution in [0.4, 0.5) is 0 Å². The van der Waals surface area contributed by atoms with E-state index < -0.39 is 0 Å². The molecule has 2 N–H and O–H groups in total. The summed E-state index contributed by atoms with van der Waals surface area (Å²) in [6, 6.07) is 6.03. The van der Waals surface area contributed by atoms with Crippen LogP contribution in [0.5, 0.6) is 0 Å². The van der Waals surface area contributed by atoms with Gasteiger partial charge < -0.3 is 5.73 Å². The van der Waals surface area contributed by atoms with Crippen LogP contribution in [-0.4, -0.2) is 4.98 Å². The third-order valence-corrected chi connectivity index (χ3v) is 5.14. The highest BCUT2D eigenvalue weighted by atomic mass is 79.9. The number of halogens is 2. The molecule has 0 amide bonds. The molecule has 1 aromatic carbocycles. The van der Waals surface area contributed by atoms with Gasteiger partial charge in [-0.25, -0.2) is 4.98 Å². The van der Waals surface area contributed by atoms with Crippen molar-refractivity contribution in [3.8, 4) is 0 Å². The minimum Gasteiger partial charge on any atom is -0.324 e. The van der Waals surface area contributed by atoms with E-state index in [2.05, 4.69) is 49.8 Å². The molecule has 0 spiro atoms. The van der Waals surface area contributed by atoms with Crippen LogP contribution in [0.15, 0.2) is 27.1 Å². The van der Waals surface area contributed by atoms with E-state index in [1.54, 1.807) is 11.3 Å². The van der Waals surface area contributed by atoms with Crippen molar-refractivity contribution in [2.24, 2.45) is 5.73 Å². The van der Waals surface area contributed by atoms with Gasteiger partial charge in [-0.1, -0.05) is 31.9 Å². The Labute approximate surface area is 128 Å². The maximum atomic E-state index is 6.27. The minimum atomic E-state index is -0.0400. The molecule has 18 heavy (non-hydrogen) atoms. The quantitative estimate of drug-likeness (QED) is 0.837. The Balaban J connectivity index is 2.21. The van der Waals surface area contributed by atoms with E-state index in [9.17, 15) is 0 Å². The number of rotatable bonds is 3. The molecular formula is C13H14Br2N2S. The average Bonchev–Trinajstić information content (AvgIpc) is 2.61. The monoisotopic (exact) mass is 388 g/mol. The maximum absolute atomic E-state index is 6.27. The molecule has 2 rings (SSSR count). The van der Waals surface area contributed by atoms with E-state index in [4.69, 9.17) is 5.73 Å². The molecule has 1 atom stereocenters. The summed E-state index contributed by atoms with van der Waals surface area (Å²) < 4.78 is 2.09. The van der Waals surface area contributed by atoms with Crippen LogP contribution in [0.2, 0.25) is 0 Å². The second-order valence-corrected chi connectivity index (χ2v) is 7.28. The fourth-order valence-electron chi connectivity index (χ4n) is 1.72. The Morgan fingerprint density at radius 3 is 2.67 bits per heavy atom. The molecule has 0 radical (unpaired) electrons. The lowest BCUT2D eigenvalue weighted by Crippen LogP contribution is -2.14. The van der Waals surface area contributed by atoms with Crippen molar-refractivity contribution in [2.75, 3.05) is 0 Å². The van der Waals surface area contributed by atoms with E-state index in [0.29, 0.717) is 0 Å². The number of hydrogen-bond donors (Lipinski definition) is 1. The number of benzene rings is 1. The molecule has 2 nitrogen and oxygen atoms in total. The van der Waals surface area contributed by atoms with Gasteiger partial charge in [-0.2, -0.15) is 0 Å². The molecule has 0 aliphatic carbocycles. The summed E-state index contributed by atoms with van der Waals surface area (Å²) in [7, 11) is 0. The van der Waals surface area contributed by atoms with E-state index in [1.807, 2.05) is 19.1 Å². The highest BCUT2D eigenvalue weighted by Crippen LogP contribution is 2.29. The van der Waals surface area contributed by atoms with Crippen LogP contribution in [0.3, 0.4) is 0 Å². The first-order chi connectivity index (χ1) is 8.47. The van der Waals surface area contributed by atoms with Crippen LogP contribution in [0.1, 0.15) is 27.2 Å². The van der Waals surface area contributed by atoms with Gasteiger partial charge in [0.05, 0.1) is 10.7 Å². The number of aromatic nitrogens is 1. The molecule has 1 heterocycles. The summed E-state index contributed by atoms with van der Waals surface area (Å²) in [4.78, 5) is 5.81. The summed E-state index contributed by atoms with van der Waals surface area (Å²) >= 11 is 8.75. The molecular weight excluding hydrogens is 376 g/mol. The van der Waals surface area contributed by atoms with E-state index in [-0.39, 0.29) is 6.04 Å². The maximum Gasteiger partial charge on any atom is 0.0949 e. The molecule has 96 valence electrons. The molecule has 1 aromatic heterocycles. The predicted octanol–water partition coefficient (Wildman–Crippen LogP) is 4.53. The zero-order valence-electron chi connectivity index (χ0n) is 10.2. The number of hydrogen-bond acceptors (Lipinski definition) is 3. The van der Waals surface area contributed by atoms with Crippen LogP contribution >= 0.6 is 43.2 Å². The van der Waals surface area contributed by atoms with E-state index in [0.717, 1.165) is 31.6 Å². The number of nitrogens with two attached hydrogens (primary N) is 1.